The number of alkyl halides is 3. The minimum Gasteiger partial charge on any atom is -0.383 e. The van der Waals surface area contributed by atoms with Gasteiger partial charge in [-0.3, -0.25) is 4.98 Å². The number of aromatic nitrogens is 2. The number of nitrogens with zero attached hydrogens (tertiary/aromatic N) is 2. The second-order valence-corrected chi connectivity index (χ2v) is 4.91. The van der Waals surface area contributed by atoms with Crippen molar-refractivity contribution in [3.63, 3.8) is 0 Å². The second-order valence-electron chi connectivity index (χ2n) is 3.64. The van der Waals surface area contributed by atoms with E-state index in [4.69, 9.17) is 0 Å². The molecule has 2 aromatic heterocycles. The topological polar surface area (TPSA) is 46.0 Å². The Morgan fingerprint density at radius 3 is 2.61 bits per heavy atom. The van der Waals surface area contributed by atoms with Gasteiger partial charge in [-0.05, 0) is 13.0 Å². The molecule has 0 spiro atoms. The molecule has 18 heavy (non-hydrogen) atoms. The van der Waals surface area contributed by atoms with Crippen molar-refractivity contribution in [2.24, 2.45) is 0 Å². The first kappa shape index (κ1) is 13.0. The summed E-state index contributed by atoms with van der Waals surface area (Å²) in [5, 5.41) is 10.7. The van der Waals surface area contributed by atoms with Crippen molar-refractivity contribution >= 4 is 11.3 Å². The van der Waals surface area contributed by atoms with E-state index in [1.54, 1.807) is 6.92 Å². The maximum atomic E-state index is 12.8. The molecular formula is C11H9F3N2OS. The molecule has 1 N–H and O–H groups in total. The van der Waals surface area contributed by atoms with Gasteiger partial charge in [0.1, 0.15) is 6.10 Å². The maximum Gasteiger partial charge on any atom is 0.416 e. The molecule has 0 aliphatic heterocycles. The van der Waals surface area contributed by atoms with E-state index in [-0.39, 0.29) is 5.56 Å². The molecule has 0 amide bonds. The predicted octanol–water partition coefficient (Wildman–Crippen LogP) is 2.95. The summed E-state index contributed by atoms with van der Waals surface area (Å²) in [6.45, 7) is 1.72. The summed E-state index contributed by atoms with van der Waals surface area (Å²) < 4.78 is 38.3. The lowest BCUT2D eigenvalue weighted by Crippen LogP contribution is -2.12. The largest absolute Gasteiger partial charge is 0.416 e. The Morgan fingerprint density at radius 1 is 1.33 bits per heavy atom. The number of hydrogen-bond acceptors (Lipinski definition) is 4. The molecule has 2 rings (SSSR count). The van der Waals surface area contributed by atoms with Crippen LogP contribution in [-0.4, -0.2) is 15.1 Å². The second kappa shape index (κ2) is 4.66. The van der Waals surface area contributed by atoms with Crippen LogP contribution in [0.25, 0.3) is 0 Å². The van der Waals surface area contributed by atoms with Crippen LogP contribution in [0.1, 0.15) is 27.1 Å². The van der Waals surface area contributed by atoms with Gasteiger partial charge in [-0.2, -0.15) is 13.2 Å². The summed E-state index contributed by atoms with van der Waals surface area (Å²) in [6.07, 6.45) is -2.42. The first-order valence-corrected chi connectivity index (χ1v) is 5.82. The van der Waals surface area contributed by atoms with Crippen LogP contribution in [0.2, 0.25) is 0 Å². The van der Waals surface area contributed by atoms with Gasteiger partial charge < -0.3 is 5.11 Å². The molecule has 3 nitrogen and oxygen atoms in total. The van der Waals surface area contributed by atoms with Crippen molar-refractivity contribution in [3.05, 3.63) is 45.7 Å². The zero-order valence-corrected chi connectivity index (χ0v) is 10.1. The standard InChI is InChI=1S/C11H9F3N2OS/c1-6-16-5-9(18-6)10(17)7-4-15-3-2-8(7)11(12,13)14/h2-5,10,17H,1H3. The molecule has 0 fully saturated rings. The first-order valence-electron chi connectivity index (χ1n) is 5.01. The summed E-state index contributed by atoms with van der Waals surface area (Å²) in [5.41, 5.74) is -1.13. The maximum absolute atomic E-state index is 12.8. The van der Waals surface area contributed by atoms with E-state index in [2.05, 4.69) is 9.97 Å². The minimum absolute atomic E-state index is 0.256. The minimum atomic E-state index is -4.51. The summed E-state index contributed by atoms with van der Waals surface area (Å²) in [7, 11) is 0. The van der Waals surface area contributed by atoms with Gasteiger partial charge in [0.25, 0.3) is 0 Å². The molecule has 1 atom stereocenters. The molecule has 0 saturated heterocycles. The van der Waals surface area contributed by atoms with E-state index in [1.807, 2.05) is 0 Å². The van der Waals surface area contributed by atoms with E-state index < -0.39 is 17.8 Å². The SMILES string of the molecule is Cc1ncc(C(O)c2cnccc2C(F)(F)F)s1. The summed E-state index contributed by atoms with van der Waals surface area (Å²) in [6, 6.07) is 0.854. The van der Waals surface area contributed by atoms with E-state index in [9.17, 15) is 18.3 Å². The zero-order valence-electron chi connectivity index (χ0n) is 9.27. The first-order chi connectivity index (χ1) is 8.39. The lowest BCUT2D eigenvalue weighted by atomic mass is 10.0. The highest BCUT2D eigenvalue weighted by Gasteiger charge is 2.35. The molecule has 0 saturated carbocycles. The third-order valence-electron chi connectivity index (χ3n) is 2.36. The Bertz CT molecular complexity index is 553. The van der Waals surface area contributed by atoms with Crippen molar-refractivity contribution in [1.82, 2.24) is 9.97 Å². The fourth-order valence-electron chi connectivity index (χ4n) is 1.54. The smallest absolute Gasteiger partial charge is 0.383 e. The number of aliphatic hydroxyl groups is 1. The van der Waals surface area contributed by atoms with Crippen LogP contribution in [0.4, 0.5) is 13.2 Å². The Kier molecular flexibility index (Phi) is 3.36. The van der Waals surface area contributed by atoms with Crippen LogP contribution >= 0.6 is 11.3 Å². The highest BCUT2D eigenvalue weighted by atomic mass is 32.1. The lowest BCUT2D eigenvalue weighted by Gasteiger charge is -2.15. The van der Waals surface area contributed by atoms with Gasteiger partial charge in [0.05, 0.1) is 15.4 Å². The molecule has 2 aromatic rings. The van der Waals surface area contributed by atoms with E-state index in [1.165, 1.54) is 6.20 Å². The van der Waals surface area contributed by atoms with E-state index in [0.717, 1.165) is 29.8 Å². The highest BCUT2D eigenvalue weighted by Crippen LogP contribution is 2.36. The lowest BCUT2D eigenvalue weighted by molar-refractivity contribution is -0.139. The number of aliphatic hydroxyl groups excluding tert-OH is 1. The van der Waals surface area contributed by atoms with Gasteiger partial charge >= 0.3 is 6.18 Å². The summed E-state index contributed by atoms with van der Waals surface area (Å²) in [5.74, 6) is 0. The third-order valence-corrected chi connectivity index (χ3v) is 3.33. The van der Waals surface area contributed by atoms with Gasteiger partial charge in [0, 0.05) is 24.2 Å². The van der Waals surface area contributed by atoms with Crippen molar-refractivity contribution < 1.29 is 18.3 Å². The zero-order chi connectivity index (χ0) is 13.3. The quantitative estimate of drug-likeness (QED) is 0.915. The molecule has 1 unspecified atom stereocenters. The van der Waals surface area contributed by atoms with Crippen LogP contribution in [0.15, 0.2) is 24.7 Å². The van der Waals surface area contributed by atoms with Gasteiger partial charge in [-0.1, -0.05) is 0 Å². The highest BCUT2D eigenvalue weighted by molar-refractivity contribution is 7.11. The van der Waals surface area contributed by atoms with Crippen molar-refractivity contribution in [3.8, 4) is 0 Å². The average molecular weight is 274 g/mol. The number of thiazole rings is 1. The molecule has 0 radical (unpaired) electrons. The average Bonchev–Trinajstić information content (AvgIpc) is 2.74. The van der Waals surface area contributed by atoms with E-state index >= 15 is 0 Å². The predicted molar refractivity (Wildman–Crippen MR) is 60.2 cm³/mol. The molecule has 96 valence electrons. The van der Waals surface area contributed by atoms with Crippen molar-refractivity contribution in [2.75, 3.05) is 0 Å². The van der Waals surface area contributed by atoms with Crippen LogP contribution < -0.4 is 0 Å². The molecule has 0 aromatic carbocycles. The molecule has 2 heterocycles. The van der Waals surface area contributed by atoms with Crippen molar-refractivity contribution in [1.29, 1.82) is 0 Å². The Labute approximate surface area is 105 Å². The Morgan fingerprint density at radius 2 is 2.06 bits per heavy atom. The monoisotopic (exact) mass is 274 g/mol. The molecule has 0 aliphatic rings. The van der Waals surface area contributed by atoms with Crippen LogP contribution in [-0.2, 0) is 6.18 Å². The van der Waals surface area contributed by atoms with Gasteiger partial charge in [0.15, 0.2) is 0 Å². The summed E-state index contributed by atoms with van der Waals surface area (Å²) >= 11 is 1.15. The number of aryl methyl sites for hydroxylation is 1. The fourth-order valence-corrected chi connectivity index (χ4v) is 2.33. The van der Waals surface area contributed by atoms with Crippen LogP contribution in [0.3, 0.4) is 0 Å². The molecule has 0 aliphatic carbocycles. The molecular weight excluding hydrogens is 265 g/mol. The van der Waals surface area contributed by atoms with Crippen LogP contribution in [0.5, 0.6) is 0 Å². The number of hydrogen-bond donors (Lipinski definition) is 1. The van der Waals surface area contributed by atoms with Crippen molar-refractivity contribution in [2.45, 2.75) is 19.2 Å². The molecule has 0 bridgehead atoms. The number of rotatable bonds is 2. The third kappa shape index (κ3) is 2.51. The normalized spacial score (nSPS) is 13.6. The fraction of sp³-hybridized carbons (Fsp3) is 0.273. The Balaban J connectivity index is 2.45. The van der Waals surface area contributed by atoms with E-state index in [0.29, 0.717) is 9.88 Å². The molecule has 7 heteroatoms. The Hall–Kier alpha value is -1.47. The number of halogens is 3. The van der Waals surface area contributed by atoms with Gasteiger partial charge in [0.2, 0.25) is 0 Å². The summed E-state index contributed by atoms with van der Waals surface area (Å²) in [4.78, 5) is 7.92. The van der Waals surface area contributed by atoms with Crippen LogP contribution in [0, 0.1) is 6.92 Å². The van der Waals surface area contributed by atoms with Gasteiger partial charge in [-0.15, -0.1) is 11.3 Å². The van der Waals surface area contributed by atoms with Gasteiger partial charge in [-0.25, -0.2) is 4.98 Å². The number of pyridine rings is 1.